The normalized spacial score (nSPS) is 11.5. The molecule has 0 radical (unpaired) electrons. The predicted octanol–water partition coefficient (Wildman–Crippen LogP) is 2.72. The zero-order valence-electron chi connectivity index (χ0n) is 12.8. The fourth-order valence-corrected chi connectivity index (χ4v) is 2.02. The highest BCUT2D eigenvalue weighted by molar-refractivity contribution is 5.80. The maximum Gasteiger partial charge on any atom is 0.269 e. The zero-order valence-corrected chi connectivity index (χ0v) is 12.8. The number of nitrogens with zero attached hydrogens (tertiary/aromatic N) is 1. The van der Waals surface area contributed by atoms with Crippen molar-refractivity contribution in [3.63, 3.8) is 0 Å². The van der Waals surface area contributed by atoms with Gasteiger partial charge in [0.15, 0.2) is 6.10 Å². The van der Waals surface area contributed by atoms with Gasteiger partial charge >= 0.3 is 0 Å². The summed E-state index contributed by atoms with van der Waals surface area (Å²) >= 11 is 0. The van der Waals surface area contributed by atoms with E-state index in [1.54, 1.807) is 6.92 Å². The fraction of sp³-hybridized carbons (Fsp3) is 0.235. The van der Waals surface area contributed by atoms with Crippen LogP contribution in [0.1, 0.15) is 12.5 Å². The number of rotatable bonds is 7. The monoisotopic (exact) mass is 314 g/mol. The lowest BCUT2D eigenvalue weighted by Crippen LogP contribution is -2.37. The van der Waals surface area contributed by atoms with Gasteiger partial charge in [0.25, 0.3) is 11.6 Å². The van der Waals surface area contributed by atoms with Gasteiger partial charge in [0.2, 0.25) is 0 Å². The molecule has 1 unspecified atom stereocenters. The van der Waals surface area contributed by atoms with Crippen LogP contribution in [0.4, 0.5) is 5.69 Å². The Balaban J connectivity index is 1.79. The molecule has 1 N–H and O–H groups in total. The largest absolute Gasteiger partial charge is 0.481 e. The second-order valence-corrected chi connectivity index (χ2v) is 5.04. The Morgan fingerprint density at radius 1 is 1.17 bits per heavy atom. The first-order chi connectivity index (χ1) is 11.1. The van der Waals surface area contributed by atoms with Crippen LogP contribution in [0, 0.1) is 10.1 Å². The molecule has 0 saturated carbocycles. The molecule has 0 aromatic heterocycles. The second kappa shape index (κ2) is 7.93. The summed E-state index contributed by atoms with van der Waals surface area (Å²) in [7, 11) is 0. The van der Waals surface area contributed by atoms with Crippen molar-refractivity contribution in [2.45, 2.75) is 19.4 Å². The molecule has 0 spiro atoms. The molecule has 0 aliphatic carbocycles. The molecule has 2 aromatic carbocycles. The van der Waals surface area contributed by atoms with Crippen molar-refractivity contribution in [2.24, 2.45) is 0 Å². The van der Waals surface area contributed by atoms with Gasteiger partial charge in [-0.15, -0.1) is 0 Å². The molecule has 2 rings (SSSR count). The lowest BCUT2D eigenvalue weighted by Gasteiger charge is -2.14. The summed E-state index contributed by atoms with van der Waals surface area (Å²) in [4.78, 5) is 22.1. The minimum absolute atomic E-state index is 0.0164. The van der Waals surface area contributed by atoms with E-state index in [2.05, 4.69) is 5.32 Å². The molecule has 1 amide bonds. The molecular formula is C17H18N2O4. The number of hydrogen-bond donors (Lipinski definition) is 1. The summed E-state index contributed by atoms with van der Waals surface area (Å²) < 4.78 is 5.48. The van der Waals surface area contributed by atoms with Crippen molar-refractivity contribution in [1.82, 2.24) is 5.32 Å². The first-order valence-corrected chi connectivity index (χ1v) is 7.29. The summed E-state index contributed by atoms with van der Waals surface area (Å²) in [6, 6.07) is 15.5. The van der Waals surface area contributed by atoms with Gasteiger partial charge in [0.05, 0.1) is 4.92 Å². The van der Waals surface area contributed by atoms with Crippen LogP contribution in [-0.4, -0.2) is 23.5 Å². The van der Waals surface area contributed by atoms with Crippen LogP contribution in [0.5, 0.6) is 5.75 Å². The summed E-state index contributed by atoms with van der Waals surface area (Å²) in [5, 5.41) is 13.4. The SMILES string of the molecule is CC(Oc1ccc([N+](=O)[O-])cc1)C(=O)NCCc1ccccc1. The van der Waals surface area contributed by atoms with Crippen LogP contribution in [0.2, 0.25) is 0 Å². The molecule has 120 valence electrons. The highest BCUT2D eigenvalue weighted by Crippen LogP contribution is 2.18. The van der Waals surface area contributed by atoms with Gasteiger partial charge < -0.3 is 10.1 Å². The van der Waals surface area contributed by atoms with E-state index < -0.39 is 11.0 Å². The van der Waals surface area contributed by atoms with Crippen LogP contribution in [0.25, 0.3) is 0 Å². The Morgan fingerprint density at radius 2 is 1.83 bits per heavy atom. The number of benzene rings is 2. The van der Waals surface area contributed by atoms with Gasteiger partial charge in [0.1, 0.15) is 5.75 Å². The predicted molar refractivity (Wildman–Crippen MR) is 86.3 cm³/mol. The molecule has 6 heteroatoms. The minimum atomic E-state index is -0.674. The lowest BCUT2D eigenvalue weighted by molar-refractivity contribution is -0.384. The second-order valence-electron chi connectivity index (χ2n) is 5.04. The number of carbonyl (C=O) groups excluding carboxylic acids is 1. The molecule has 0 bridgehead atoms. The quantitative estimate of drug-likeness (QED) is 0.629. The number of amides is 1. The molecule has 0 aliphatic heterocycles. The minimum Gasteiger partial charge on any atom is -0.481 e. The van der Waals surface area contributed by atoms with E-state index in [-0.39, 0.29) is 11.6 Å². The zero-order chi connectivity index (χ0) is 16.7. The van der Waals surface area contributed by atoms with Crippen LogP contribution in [-0.2, 0) is 11.2 Å². The summed E-state index contributed by atoms with van der Waals surface area (Å²) in [6.45, 7) is 2.16. The topological polar surface area (TPSA) is 81.5 Å². The number of nitro groups is 1. The molecule has 23 heavy (non-hydrogen) atoms. The third-order valence-electron chi connectivity index (χ3n) is 3.29. The molecule has 0 aliphatic rings. The maximum atomic E-state index is 12.0. The number of carbonyl (C=O) groups is 1. The van der Waals surface area contributed by atoms with Gasteiger partial charge in [-0.05, 0) is 31.0 Å². The van der Waals surface area contributed by atoms with E-state index in [1.807, 2.05) is 30.3 Å². The lowest BCUT2D eigenvalue weighted by atomic mass is 10.1. The van der Waals surface area contributed by atoms with Crippen LogP contribution in [0.3, 0.4) is 0 Å². The molecule has 0 saturated heterocycles. The van der Waals surface area contributed by atoms with Crippen LogP contribution < -0.4 is 10.1 Å². The molecule has 0 fully saturated rings. The third-order valence-corrected chi connectivity index (χ3v) is 3.29. The van der Waals surface area contributed by atoms with Crippen molar-refractivity contribution in [3.05, 3.63) is 70.3 Å². The number of nitrogens with one attached hydrogen (secondary N) is 1. The van der Waals surface area contributed by atoms with Gasteiger partial charge in [-0.2, -0.15) is 0 Å². The summed E-state index contributed by atoms with van der Waals surface area (Å²) in [5.74, 6) is 0.195. The molecule has 1 atom stereocenters. The highest BCUT2D eigenvalue weighted by Gasteiger charge is 2.14. The molecule has 0 heterocycles. The van der Waals surface area contributed by atoms with Crippen LogP contribution >= 0.6 is 0 Å². The van der Waals surface area contributed by atoms with E-state index in [1.165, 1.54) is 24.3 Å². The van der Waals surface area contributed by atoms with E-state index in [0.29, 0.717) is 12.3 Å². The Kier molecular flexibility index (Phi) is 5.68. The van der Waals surface area contributed by atoms with E-state index >= 15 is 0 Å². The van der Waals surface area contributed by atoms with E-state index in [4.69, 9.17) is 4.74 Å². The third kappa shape index (κ3) is 5.10. The van der Waals surface area contributed by atoms with E-state index in [0.717, 1.165) is 12.0 Å². The highest BCUT2D eigenvalue weighted by atomic mass is 16.6. The van der Waals surface area contributed by atoms with Crippen molar-refractivity contribution < 1.29 is 14.5 Å². The van der Waals surface area contributed by atoms with Crippen molar-refractivity contribution in [2.75, 3.05) is 6.54 Å². The van der Waals surface area contributed by atoms with Crippen LogP contribution in [0.15, 0.2) is 54.6 Å². The van der Waals surface area contributed by atoms with Crippen molar-refractivity contribution in [1.29, 1.82) is 0 Å². The van der Waals surface area contributed by atoms with E-state index in [9.17, 15) is 14.9 Å². The van der Waals surface area contributed by atoms with Gasteiger partial charge in [0, 0.05) is 18.7 Å². The Bertz CT molecular complexity index is 656. The van der Waals surface area contributed by atoms with Crippen molar-refractivity contribution in [3.8, 4) is 5.75 Å². The molecule has 6 nitrogen and oxygen atoms in total. The maximum absolute atomic E-state index is 12.0. The average molecular weight is 314 g/mol. The Labute approximate surface area is 134 Å². The fourth-order valence-electron chi connectivity index (χ4n) is 2.02. The standard InChI is InChI=1S/C17H18N2O4/c1-13(23-16-9-7-15(8-10-16)19(21)22)17(20)18-12-11-14-5-3-2-4-6-14/h2-10,13H,11-12H2,1H3,(H,18,20). The Morgan fingerprint density at radius 3 is 2.43 bits per heavy atom. The number of ether oxygens (including phenoxy) is 1. The molecule has 2 aromatic rings. The number of hydrogen-bond acceptors (Lipinski definition) is 4. The average Bonchev–Trinajstić information content (AvgIpc) is 2.56. The van der Waals surface area contributed by atoms with Gasteiger partial charge in [-0.25, -0.2) is 0 Å². The van der Waals surface area contributed by atoms with Crippen molar-refractivity contribution >= 4 is 11.6 Å². The summed E-state index contributed by atoms with van der Waals surface area (Å²) in [5.41, 5.74) is 1.13. The number of non-ortho nitro benzene ring substituents is 1. The first-order valence-electron chi connectivity index (χ1n) is 7.29. The molecular weight excluding hydrogens is 296 g/mol. The number of nitro benzene ring substituents is 1. The Hall–Kier alpha value is -2.89. The van der Waals surface area contributed by atoms with Gasteiger partial charge in [-0.3, -0.25) is 14.9 Å². The smallest absolute Gasteiger partial charge is 0.269 e. The first kappa shape index (κ1) is 16.5. The van der Waals surface area contributed by atoms with Gasteiger partial charge in [-0.1, -0.05) is 30.3 Å². The summed E-state index contributed by atoms with van der Waals surface area (Å²) in [6.07, 6.45) is 0.0730.